The van der Waals surface area contributed by atoms with Crippen molar-refractivity contribution in [2.45, 2.75) is 78.2 Å². The predicted octanol–water partition coefficient (Wildman–Crippen LogP) is 4.10. The van der Waals surface area contributed by atoms with Crippen LogP contribution in [0, 0.1) is 5.41 Å². The summed E-state index contributed by atoms with van der Waals surface area (Å²) in [5.74, 6) is -0.0234. The molecule has 0 heterocycles. The monoisotopic (exact) mass is 270 g/mol. The smallest absolute Gasteiger partial charge is 0.314 e. The molecule has 1 rings (SSSR count). The Morgan fingerprint density at radius 3 is 2.63 bits per heavy atom. The lowest BCUT2D eigenvalue weighted by Crippen LogP contribution is -2.41. The summed E-state index contributed by atoms with van der Waals surface area (Å²) in [5.41, 5.74) is -0.361. The fourth-order valence-electron chi connectivity index (χ4n) is 3.13. The first-order valence-electron chi connectivity index (χ1n) is 8.00. The Kier molecular flexibility index (Phi) is 7.44. The molecule has 112 valence electrons. The van der Waals surface area contributed by atoms with Gasteiger partial charge in [-0.3, -0.25) is 4.79 Å². The summed E-state index contributed by atoms with van der Waals surface area (Å²) in [6, 6.07) is 0. The van der Waals surface area contributed by atoms with Crippen molar-refractivity contribution in [3.8, 4) is 0 Å². The van der Waals surface area contributed by atoms with Crippen molar-refractivity contribution in [1.82, 2.24) is 0 Å². The molecule has 1 aliphatic rings. The molecule has 0 amide bonds. The first-order chi connectivity index (χ1) is 9.21. The fraction of sp³-hybridized carbons (Fsp3) is 0.938. The predicted molar refractivity (Wildman–Crippen MR) is 77.1 cm³/mol. The Balaban J connectivity index is 2.73. The molecule has 0 aromatic carbocycles. The fourth-order valence-corrected chi connectivity index (χ4v) is 3.13. The van der Waals surface area contributed by atoms with E-state index in [-0.39, 0.29) is 17.5 Å². The molecule has 1 aliphatic carbocycles. The highest BCUT2D eigenvalue weighted by atomic mass is 16.5. The SMILES string of the molecule is CCCCCC1(C(=O)OCC)CCCC1OCCC. The van der Waals surface area contributed by atoms with E-state index in [0.717, 1.165) is 45.1 Å². The first kappa shape index (κ1) is 16.5. The van der Waals surface area contributed by atoms with Crippen LogP contribution >= 0.6 is 0 Å². The van der Waals surface area contributed by atoms with Crippen LogP contribution in [0.3, 0.4) is 0 Å². The molecule has 3 heteroatoms. The van der Waals surface area contributed by atoms with E-state index < -0.39 is 0 Å². The van der Waals surface area contributed by atoms with Gasteiger partial charge in [0, 0.05) is 6.61 Å². The lowest BCUT2D eigenvalue weighted by Gasteiger charge is -2.33. The number of rotatable bonds is 9. The van der Waals surface area contributed by atoms with Gasteiger partial charge in [-0.2, -0.15) is 0 Å². The van der Waals surface area contributed by atoms with Crippen molar-refractivity contribution in [2.75, 3.05) is 13.2 Å². The molecule has 0 spiro atoms. The first-order valence-corrected chi connectivity index (χ1v) is 8.00. The van der Waals surface area contributed by atoms with Gasteiger partial charge in [-0.1, -0.05) is 33.1 Å². The summed E-state index contributed by atoms with van der Waals surface area (Å²) < 4.78 is 11.3. The molecule has 0 aromatic heterocycles. The minimum Gasteiger partial charge on any atom is -0.465 e. The maximum atomic E-state index is 12.4. The molecule has 0 bridgehead atoms. The molecule has 2 atom stereocenters. The normalized spacial score (nSPS) is 26.6. The molecule has 3 nitrogen and oxygen atoms in total. The highest BCUT2D eigenvalue weighted by Gasteiger charge is 2.50. The Labute approximate surface area is 118 Å². The summed E-state index contributed by atoms with van der Waals surface area (Å²) >= 11 is 0. The molecule has 0 radical (unpaired) electrons. The van der Waals surface area contributed by atoms with E-state index >= 15 is 0 Å². The van der Waals surface area contributed by atoms with E-state index in [1.165, 1.54) is 12.8 Å². The summed E-state index contributed by atoms with van der Waals surface area (Å²) in [5, 5.41) is 0. The molecule has 1 fully saturated rings. The number of hydrogen-bond acceptors (Lipinski definition) is 3. The van der Waals surface area contributed by atoms with Crippen molar-refractivity contribution in [1.29, 1.82) is 0 Å². The Hall–Kier alpha value is -0.570. The van der Waals surface area contributed by atoms with Crippen LogP contribution in [0.2, 0.25) is 0 Å². The minimum atomic E-state index is -0.361. The quantitative estimate of drug-likeness (QED) is 0.467. The third kappa shape index (κ3) is 4.20. The van der Waals surface area contributed by atoms with Crippen LogP contribution in [-0.2, 0) is 14.3 Å². The molecule has 0 aliphatic heterocycles. The zero-order valence-corrected chi connectivity index (χ0v) is 12.9. The van der Waals surface area contributed by atoms with Crippen LogP contribution in [0.5, 0.6) is 0 Å². The largest absolute Gasteiger partial charge is 0.465 e. The van der Waals surface area contributed by atoms with Crippen LogP contribution in [0.25, 0.3) is 0 Å². The van der Waals surface area contributed by atoms with Crippen molar-refractivity contribution < 1.29 is 14.3 Å². The summed E-state index contributed by atoms with van der Waals surface area (Å²) in [7, 11) is 0. The van der Waals surface area contributed by atoms with Crippen molar-refractivity contribution in [3.05, 3.63) is 0 Å². The van der Waals surface area contributed by atoms with E-state index in [0.29, 0.717) is 6.61 Å². The van der Waals surface area contributed by atoms with Crippen LogP contribution in [0.1, 0.15) is 72.1 Å². The third-order valence-electron chi connectivity index (χ3n) is 4.14. The van der Waals surface area contributed by atoms with Gasteiger partial charge in [0.1, 0.15) is 0 Å². The zero-order chi connectivity index (χ0) is 14.1. The van der Waals surface area contributed by atoms with E-state index in [1.54, 1.807) is 0 Å². The van der Waals surface area contributed by atoms with Gasteiger partial charge < -0.3 is 9.47 Å². The summed E-state index contributed by atoms with van der Waals surface area (Å²) in [4.78, 5) is 12.4. The number of carbonyl (C=O) groups excluding carboxylic acids is 1. The second-order valence-corrected chi connectivity index (χ2v) is 5.59. The molecular weight excluding hydrogens is 240 g/mol. The van der Waals surface area contributed by atoms with E-state index in [2.05, 4.69) is 13.8 Å². The highest BCUT2D eigenvalue weighted by molar-refractivity contribution is 5.78. The van der Waals surface area contributed by atoms with Crippen LogP contribution in [-0.4, -0.2) is 25.3 Å². The maximum absolute atomic E-state index is 12.4. The Morgan fingerprint density at radius 1 is 1.21 bits per heavy atom. The second kappa shape index (κ2) is 8.57. The van der Waals surface area contributed by atoms with Gasteiger partial charge in [0.05, 0.1) is 18.1 Å². The number of carbonyl (C=O) groups is 1. The van der Waals surface area contributed by atoms with Crippen molar-refractivity contribution in [3.63, 3.8) is 0 Å². The second-order valence-electron chi connectivity index (χ2n) is 5.59. The van der Waals surface area contributed by atoms with E-state index in [9.17, 15) is 4.79 Å². The molecule has 1 saturated carbocycles. The van der Waals surface area contributed by atoms with E-state index in [1.807, 2.05) is 6.92 Å². The molecule has 19 heavy (non-hydrogen) atoms. The third-order valence-corrected chi connectivity index (χ3v) is 4.14. The molecule has 0 aromatic rings. The summed E-state index contributed by atoms with van der Waals surface area (Å²) in [6.07, 6.45) is 8.48. The van der Waals surface area contributed by atoms with Gasteiger partial charge in [0.15, 0.2) is 0 Å². The van der Waals surface area contributed by atoms with Gasteiger partial charge in [0.25, 0.3) is 0 Å². The highest BCUT2D eigenvalue weighted by Crippen LogP contribution is 2.45. The van der Waals surface area contributed by atoms with Gasteiger partial charge in [-0.15, -0.1) is 0 Å². The average Bonchev–Trinajstić information content (AvgIpc) is 2.81. The van der Waals surface area contributed by atoms with Gasteiger partial charge in [-0.25, -0.2) is 0 Å². The zero-order valence-electron chi connectivity index (χ0n) is 12.9. The van der Waals surface area contributed by atoms with E-state index in [4.69, 9.17) is 9.47 Å². The lowest BCUT2D eigenvalue weighted by molar-refractivity contribution is -0.164. The minimum absolute atomic E-state index is 0.0234. The van der Waals surface area contributed by atoms with Crippen LogP contribution in [0.4, 0.5) is 0 Å². The lowest BCUT2D eigenvalue weighted by atomic mass is 9.79. The average molecular weight is 270 g/mol. The number of unbranched alkanes of at least 4 members (excludes halogenated alkanes) is 2. The molecule has 2 unspecified atom stereocenters. The summed E-state index contributed by atoms with van der Waals surface area (Å²) in [6.45, 7) is 7.40. The van der Waals surface area contributed by atoms with Crippen molar-refractivity contribution in [2.24, 2.45) is 5.41 Å². The standard InChI is InChI=1S/C16H30O3/c1-4-7-8-11-16(15(17)18-6-3)12-9-10-14(16)19-13-5-2/h14H,4-13H2,1-3H3. The number of hydrogen-bond donors (Lipinski definition) is 0. The molecule has 0 saturated heterocycles. The topological polar surface area (TPSA) is 35.5 Å². The number of esters is 1. The molecule has 0 N–H and O–H groups in total. The van der Waals surface area contributed by atoms with Crippen molar-refractivity contribution >= 4 is 5.97 Å². The Morgan fingerprint density at radius 2 is 2.00 bits per heavy atom. The van der Waals surface area contributed by atoms with Gasteiger partial charge in [0.2, 0.25) is 0 Å². The van der Waals surface area contributed by atoms with Crippen LogP contribution < -0.4 is 0 Å². The molecular formula is C16H30O3. The van der Waals surface area contributed by atoms with Gasteiger partial charge >= 0.3 is 5.97 Å². The maximum Gasteiger partial charge on any atom is 0.314 e. The Bertz CT molecular complexity index is 265. The number of ether oxygens (including phenoxy) is 2. The van der Waals surface area contributed by atoms with Crippen LogP contribution in [0.15, 0.2) is 0 Å². The van der Waals surface area contributed by atoms with Gasteiger partial charge in [-0.05, 0) is 39.0 Å².